The van der Waals surface area contributed by atoms with Crippen LogP contribution in [-0.2, 0) is 19.6 Å². The Labute approximate surface area is 316 Å². The van der Waals surface area contributed by atoms with Crippen LogP contribution in [0.4, 0.5) is 17.1 Å². The van der Waals surface area contributed by atoms with Gasteiger partial charge in [0, 0.05) is 53.4 Å². The van der Waals surface area contributed by atoms with Crippen molar-refractivity contribution >= 4 is 17.1 Å². The highest BCUT2D eigenvalue weighted by atomic mass is 16.5. The van der Waals surface area contributed by atoms with E-state index in [1.54, 1.807) is 0 Å². The summed E-state index contributed by atoms with van der Waals surface area (Å²) in [6.07, 6.45) is 0. The van der Waals surface area contributed by atoms with Crippen LogP contribution < -0.4 is 28.9 Å². The summed E-state index contributed by atoms with van der Waals surface area (Å²) in [5.41, 5.74) is 13.9. The Morgan fingerprint density at radius 1 is 0.296 bits per heavy atom. The van der Waals surface area contributed by atoms with Crippen LogP contribution in [0.5, 0.6) is 17.2 Å². The predicted molar refractivity (Wildman–Crippen MR) is 217 cm³/mol. The molecule has 0 spiro atoms. The van der Waals surface area contributed by atoms with E-state index in [-0.39, 0.29) is 0 Å². The highest BCUT2D eigenvalue weighted by Gasteiger charge is 2.22. The van der Waals surface area contributed by atoms with Crippen molar-refractivity contribution in [3.8, 4) is 50.6 Å². The number of fused-ring (bicyclic) bond motifs is 3. The van der Waals surface area contributed by atoms with Gasteiger partial charge in [0.1, 0.15) is 17.2 Å². The molecule has 10 rings (SSSR count). The van der Waals surface area contributed by atoms with Gasteiger partial charge in [0.2, 0.25) is 0 Å². The molecule has 3 aliphatic rings. The number of ether oxygens (including phenoxy) is 3. The number of benzene rings is 7. The molecule has 0 amide bonds. The zero-order chi connectivity index (χ0) is 35.8. The third-order valence-electron chi connectivity index (χ3n) is 10.7. The van der Waals surface area contributed by atoms with E-state index in [4.69, 9.17) is 14.2 Å². The second kappa shape index (κ2) is 13.7. The summed E-state index contributed by atoms with van der Waals surface area (Å²) in [6, 6.07) is 58.2. The van der Waals surface area contributed by atoms with Crippen molar-refractivity contribution in [2.75, 3.05) is 34.9 Å². The monoisotopic (exact) mass is 705 g/mol. The SMILES string of the molecule is c1ccc(N2COc3ccc(-c4cc(-c5ccc6c(c5)CN(c5ccccc5)CO6)cc(-c5ccc6c(c5)CN(c5ccccc5)CO6)c4)cc3C2)cc1. The second-order valence-electron chi connectivity index (χ2n) is 14.2. The Hall–Kier alpha value is -6.66. The normalized spacial score (nSPS) is 14.6. The van der Waals surface area contributed by atoms with Gasteiger partial charge in [-0.2, -0.15) is 0 Å². The minimum atomic E-state index is 0.531. The quantitative estimate of drug-likeness (QED) is 0.171. The van der Waals surface area contributed by atoms with E-state index in [9.17, 15) is 0 Å². The number of rotatable bonds is 6. The van der Waals surface area contributed by atoms with Gasteiger partial charge in [-0.25, -0.2) is 0 Å². The zero-order valence-corrected chi connectivity index (χ0v) is 29.9. The summed E-state index contributed by atoms with van der Waals surface area (Å²) >= 11 is 0. The first-order valence-electron chi connectivity index (χ1n) is 18.5. The van der Waals surface area contributed by atoms with Crippen molar-refractivity contribution in [3.05, 3.63) is 180 Å². The number of hydrogen-bond donors (Lipinski definition) is 0. The van der Waals surface area contributed by atoms with Crippen LogP contribution >= 0.6 is 0 Å². The van der Waals surface area contributed by atoms with Gasteiger partial charge in [-0.1, -0.05) is 72.8 Å². The lowest BCUT2D eigenvalue weighted by atomic mass is 9.91. The van der Waals surface area contributed by atoms with E-state index >= 15 is 0 Å². The van der Waals surface area contributed by atoms with E-state index in [1.165, 1.54) is 16.7 Å². The van der Waals surface area contributed by atoms with Gasteiger partial charge in [-0.15, -0.1) is 0 Å². The molecular weight excluding hydrogens is 667 g/mol. The summed E-state index contributed by atoms with van der Waals surface area (Å²) < 4.78 is 18.7. The average molecular weight is 706 g/mol. The lowest BCUT2D eigenvalue weighted by Crippen LogP contribution is -2.31. The van der Waals surface area contributed by atoms with Crippen LogP contribution in [0.2, 0.25) is 0 Å². The van der Waals surface area contributed by atoms with E-state index in [2.05, 4.69) is 178 Å². The molecule has 0 atom stereocenters. The molecule has 0 unspecified atom stereocenters. The number of para-hydroxylation sites is 3. The lowest BCUT2D eigenvalue weighted by Gasteiger charge is -2.31. The van der Waals surface area contributed by atoms with Crippen molar-refractivity contribution in [3.63, 3.8) is 0 Å². The standard InChI is InChI=1S/C48H39N3O3/c1-4-10-43(11-5-1)49-28-40-22-34(16-19-46(40)52-31-49)37-25-38(35-17-20-47-41(23-35)29-50(32-53-47)44-12-6-2-7-13-44)27-39(26-37)36-18-21-48-42(24-36)30-51(33-54-48)45-14-8-3-9-15-45/h1-27H,28-33H2. The molecule has 0 bridgehead atoms. The molecule has 264 valence electrons. The van der Waals surface area contributed by atoms with Crippen molar-refractivity contribution in [1.82, 2.24) is 0 Å². The topological polar surface area (TPSA) is 37.4 Å². The van der Waals surface area contributed by atoms with Crippen LogP contribution in [0.15, 0.2) is 164 Å². The van der Waals surface area contributed by atoms with Crippen LogP contribution in [0.3, 0.4) is 0 Å². The molecule has 0 radical (unpaired) electrons. The fourth-order valence-corrected chi connectivity index (χ4v) is 7.81. The summed E-state index contributed by atoms with van der Waals surface area (Å²) in [6.45, 7) is 3.94. The van der Waals surface area contributed by atoms with E-state index in [0.29, 0.717) is 20.2 Å². The Balaban J connectivity index is 1.04. The highest BCUT2D eigenvalue weighted by Crippen LogP contribution is 2.40. The van der Waals surface area contributed by atoms with E-state index in [0.717, 1.165) is 87.3 Å². The Kier molecular flexibility index (Phi) is 8.13. The molecule has 7 aromatic carbocycles. The molecular formula is C48H39N3O3. The molecule has 3 heterocycles. The number of anilines is 3. The molecule has 0 saturated heterocycles. The third-order valence-corrected chi connectivity index (χ3v) is 10.7. The van der Waals surface area contributed by atoms with Crippen molar-refractivity contribution in [2.45, 2.75) is 19.6 Å². The molecule has 0 N–H and O–H groups in total. The Bertz CT molecular complexity index is 2170. The molecule has 0 fully saturated rings. The van der Waals surface area contributed by atoms with Crippen molar-refractivity contribution < 1.29 is 14.2 Å². The fourth-order valence-electron chi connectivity index (χ4n) is 7.81. The van der Waals surface area contributed by atoms with Gasteiger partial charge >= 0.3 is 0 Å². The van der Waals surface area contributed by atoms with Gasteiger partial charge in [-0.05, 0) is 124 Å². The molecule has 7 aromatic rings. The second-order valence-corrected chi connectivity index (χ2v) is 14.2. The molecule has 6 nitrogen and oxygen atoms in total. The van der Waals surface area contributed by atoms with E-state index in [1.807, 2.05) is 0 Å². The largest absolute Gasteiger partial charge is 0.473 e. The summed E-state index contributed by atoms with van der Waals surface area (Å²) in [7, 11) is 0. The third kappa shape index (κ3) is 6.26. The fraction of sp³-hybridized carbons (Fsp3) is 0.125. The maximum atomic E-state index is 6.25. The first kappa shape index (κ1) is 32.0. The summed E-state index contributed by atoms with van der Waals surface area (Å²) in [4.78, 5) is 6.82. The molecule has 6 heteroatoms. The average Bonchev–Trinajstić information content (AvgIpc) is 3.26. The summed E-state index contributed by atoms with van der Waals surface area (Å²) in [5, 5.41) is 0. The zero-order valence-electron chi connectivity index (χ0n) is 29.9. The lowest BCUT2D eigenvalue weighted by molar-refractivity contribution is 0.289. The van der Waals surface area contributed by atoms with E-state index < -0.39 is 0 Å². The maximum Gasteiger partial charge on any atom is 0.161 e. The minimum Gasteiger partial charge on any atom is -0.473 e. The number of hydrogen-bond acceptors (Lipinski definition) is 6. The molecule has 0 aliphatic carbocycles. The summed E-state index contributed by atoms with van der Waals surface area (Å²) in [5.74, 6) is 2.83. The van der Waals surface area contributed by atoms with Crippen LogP contribution in [0, 0.1) is 0 Å². The predicted octanol–water partition coefficient (Wildman–Crippen LogP) is 10.8. The van der Waals surface area contributed by atoms with Gasteiger partial charge in [-0.3, -0.25) is 0 Å². The Morgan fingerprint density at radius 3 is 0.889 bits per heavy atom. The van der Waals surface area contributed by atoms with Gasteiger partial charge in [0.25, 0.3) is 0 Å². The molecule has 3 aliphatic heterocycles. The molecule has 0 aromatic heterocycles. The first-order valence-corrected chi connectivity index (χ1v) is 18.5. The van der Waals surface area contributed by atoms with Crippen molar-refractivity contribution in [2.24, 2.45) is 0 Å². The number of nitrogens with zero attached hydrogens (tertiary/aromatic N) is 3. The minimum absolute atomic E-state index is 0.531. The molecule has 54 heavy (non-hydrogen) atoms. The van der Waals surface area contributed by atoms with Crippen LogP contribution in [0.1, 0.15) is 16.7 Å². The smallest absolute Gasteiger partial charge is 0.161 e. The van der Waals surface area contributed by atoms with Gasteiger partial charge in [0.15, 0.2) is 20.2 Å². The molecule has 0 saturated carbocycles. The maximum absolute atomic E-state index is 6.25. The first-order chi connectivity index (χ1) is 26.7. The van der Waals surface area contributed by atoms with Gasteiger partial charge in [0.05, 0.1) is 0 Å². The Morgan fingerprint density at radius 2 is 0.593 bits per heavy atom. The van der Waals surface area contributed by atoms with Crippen molar-refractivity contribution in [1.29, 1.82) is 0 Å². The van der Waals surface area contributed by atoms with Gasteiger partial charge < -0.3 is 28.9 Å². The van der Waals surface area contributed by atoms with Crippen LogP contribution in [0.25, 0.3) is 33.4 Å². The highest BCUT2D eigenvalue weighted by molar-refractivity contribution is 5.82. The van der Waals surface area contributed by atoms with Crippen LogP contribution in [-0.4, -0.2) is 20.2 Å².